The van der Waals surface area contributed by atoms with E-state index in [9.17, 15) is 14.7 Å². The Kier molecular flexibility index (Phi) is 6.33. The summed E-state index contributed by atoms with van der Waals surface area (Å²) in [6, 6.07) is 9.63. The zero-order chi connectivity index (χ0) is 21.1. The fourth-order valence-electron chi connectivity index (χ4n) is 2.60. The van der Waals surface area contributed by atoms with Crippen molar-refractivity contribution in [3.05, 3.63) is 53.1 Å². The van der Waals surface area contributed by atoms with Crippen molar-refractivity contribution in [2.45, 2.75) is 46.1 Å². The molecule has 0 bridgehead atoms. The molecular formula is C22H27NO5. The Morgan fingerprint density at radius 1 is 1.07 bits per heavy atom. The molecule has 0 fully saturated rings. The first-order valence-corrected chi connectivity index (χ1v) is 9.06. The molecule has 0 radical (unpaired) electrons. The number of rotatable bonds is 5. The molecule has 0 heterocycles. The maximum atomic E-state index is 12.8. The van der Waals surface area contributed by atoms with Crippen molar-refractivity contribution in [2.24, 2.45) is 0 Å². The lowest BCUT2D eigenvalue weighted by Gasteiger charge is -2.20. The van der Waals surface area contributed by atoms with Crippen molar-refractivity contribution < 1.29 is 24.2 Å². The summed E-state index contributed by atoms with van der Waals surface area (Å²) in [7, 11) is 1.30. The molecule has 2 rings (SSSR count). The van der Waals surface area contributed by atoms with Crippen LogP contribution in [0.25, 0.3) is 0 Å². The summed E-state index contributed by atoms with van der Waals surface area (Å²) in [4.78, 5) is 24.6. The second-order valence-electron chi connectivity index (χ2n) is 7.81. The molecule has 2 aromatic rings. The van der Waals surface area contributed by atoms with E-state index >= 15 is 0 Å². The number of benzene rings is 2. The first-order chi connectivity index (χ1) is 13.0. The van der Waals surface area contributed by atoms with Crippen molar-refractivity contribution in [3.63, 3.8) is 0 Å². The van der Waals surface area contributed by atoms with Crippen LogP contribution in [0, 0.1) is 0 Å². The minimum absolute atomic E-state index is 0.108. The van der Waals surface area contributed by atoms with E-state index in [0.717, 1.165) is 5.56 Å². The van der Waals surface area contributed by atoms with E-state index in [-0.39, 0.29) is 22.8 Å². The molecule has 0 unspecified atom stereocenters. The predicted octanol–water partition coefficient (Wildman–Crippen LogP) is 4.52. The predicted molar refractivity (Wildman–Crippen MR) is 108 cm³/mol. The molecule has 0 spiro atoms. The molecule has 0 atom stereocenters. The van der Waals surface area contributed by atoms with Gasteiger partial charge in [-0.25, -0.2) is 4.79 Å². The third kappa shape index (κ3) is 5.03. The number of phenols is 1. The molecule has 2 aromatic carbocycles. The molecule has 0 aliphatic heterocycles. The van der Waals surface area contributed by atoms with Gasteiger partial charge in [0.15, 0.2) is 0 Å². The lowest BCUT2D eigenvalue weighted by molar-refractivity contribution is 0.0600. The van der Waals surface area contributed by atoms with Gasteiger partial charge >= 0.3 is 5.97 Å². The normalized spacial score (nSPS) is 11.2. The summed E-state index contributed by atoms with van der Waals surface area (Å²) in [5.74, 6) is -0.731. The average Bonchev–Trinajstić information content (AvgIpc) is 2.61. The van der Waals surface area contributed by atoms with Crippen LogP contribution in [0.1, 0.15) is 60.9 Å². The summed E-state index contributed by atoms with van der Waals surface area (Å²) in [6.07, 6.45) is -0.166. The summed E-state index contributed by atoms with van der Waals surface area (Å²) >= 11 is 0. The van der Waals surface area contributed by atoms with E-state index in [0.29, 0.717) is 17.0 Å². The van der Waals surface area contributed by atoms with Gasteiger partial charge in [0.05, 0.1) is 30.0 Å². The van der Waals surface area contributed by atoms with Crippen LogP contribution in [0.5, 0.6) is 11.5 Å². The van der Waals surface area contributed by atoms with Crippen LogP contribution in [-0.2, 0) is 10.2 Å². The highest BCUT2D eigenvalue weighted by Gasteiger charge is 2.20. The first-order valence-electron chi connectivity index (χ1n) is 9.06. The molecule has 0 aromatic heterocycles. The van der Waals surface area contributed by atoms with Crippen LogP contribution in [-0.4, -0.2) is 30.2 Å². The highest BCUT2D eigenvalue weighted by Crippen LogP contribution is 2.31. The van der Waals surface area contributed by atoms with Crippen molar-refractivity contribution in [2.75, 3.05) is 12.4 Å². The topological polar surface area (TPSA) is 84.9 Å². The van der Waals surface area contributed by atoms with Gasteiger partial charge in [-0.3, -0.25) is 4.79 Å². The van der Waals surface area contributed by atoms with Gasteiger partial charge in [-0.1, -0.05) is 26.8 Å². The first kappa shape index (κ1) is 21.3. The quantitative estimate of drug-likeness (QED) is 0.740. The van der Waals surface area contributed by atoms with Gasteiger partial charge in [0.25, 0.3) is 5.91 Å². The van der Waals surface area contributed by atoms with Crippen LogP contribution in [0.3, 0.4) is 0 Å². The number of hydrogen-bond acceptors (Lipinski definition) is 5. The van der Waals surface area contributed by atoms with Crippen molar-refractivity contribution in [3.8, 4) is 11.5 Å². The van der Waals surface area contributed by atoms with Crippen LogP contribution < -0.4 is 10.1 Å². The number of nitrogens with one attached hydrogen (secondary N) is 1. The molecule has 0 saturated carbocycles. The third-order valence-corrected chi connectivity index (χ3v) is 4.12. The average molecular weight is 385 g/mol. The zero-order valence-electron chi connectivity index (χ0n) is 17.1. The van der Waals surface area contributed by atoms with E-state index in [1.807, 2.05) is 34.6 Å². The maximum Gasteiger partial charge on any atom is 0.337 e. The minimum atomic E-state index is -0.498. The number of anilines is 1. The summed E-state index contributed by atoms with van der Waals surface area (Å²) in [5.41, 5.74) is 1.63. The number of carbonyl (C=O) groups is 2. The summed E-state index contributed by atoms with van der Waals surface area (Å²) in [6.45, 7) is 9.77. The number of phenolic OH excluding ortho intramolecular Hbond substituents is 1. The molecule has 2 N–H and O–H groups in total. The van der Waals surface area contributed by atoms with E-state index in [1.54, 1.807) is 24.3 Å². The van der Waals surface area contributed by atoms with E-state index in [4.69, 9.17) is 9.47 Å². The summed E-state index contributed by atoms with van der Waals surface area (Å²) < 4.78 is 10.5. The SMILES string of the molecule is COC(=O)c1ccc(NC(=O)c2cc(C(C)(C)C)ccc2O)c(OC(C)C)c1. The molecule has 0 aliphatic carbocycles. The number of methoxy groups -OCH3 is 1. The molecule has 0 aliphatic rings. The molecule has 6 nitrogen and oxygen atoms in total. The Bertz CT molecular complexity index is 881. The number of carbonyl (C=O) groups excluding carboxylic acids is 2. The lowest BCUT2D eigenvalue weighted by Crippen LogP contribution is -2.17. The molecule has 28 heavy (non-hydrogen) atoms. The van der Waals surface area contributed by atoms with E-state index < -0.39 is 11.9 Å². The molecule has 0 saturated heterocycles. The Hall–Kier alpha value is -3.02. The Balaban J connectivity index is 2.39. The monoisotopic (exact) mass is 385 g/mol. The molecule has 1 amide bonds. The van der Waals surface area contributed by atoms with Gasteiger partial charge in [0.2, 0.25) is 0 Å². The fourth-order valence-corrected chi connectivity index (χ4v) is 2.60. The van der Waals surface area contributed by atoms with Gasteiger partial charge in [-0.05, 0) is 55.2 Å². The van der Waals surface area contributed by atoms with Crippen LogP contribution in [0.4, 0.5) is 5.69 Å². The standard InChI is InChI=1S/C22H27NO5/c1-13(2)28-19-11-14(21(26)27-6)7-9-17(19)23-20(25)16-12-15(22(3,4)5)8-10-18(16)24/h7-13,24H,1-6H3,(H,23,25). The zero-order valence-corrected chi connectivity index (χ0v) is 17.1. The number of esters is 1. The minimum Gasteiger partial charge on any atom is -0.507 e. The van der Waals surface area contributed by atoms with Gasteiger partial charge in [-0.15, -0.1) is 0 Å². The van der Waals surface area contributed by atoms with Crippen LogP contribution in [0.2, 0.25) is 0 Å². The second-order valence-corrected chi connectivity index (χ2v) is 7.81. The van der Waals surface area contributed by atoms with Gasteiger partial charge < -0.3 is 19.9 Å². The number of ether oxygens (including phenoxy) is 2. The van der Waals surface area contributed by atoms with Gasteiger partial charge in [-0.2, -0.15) is 0 Å². The van der Waals surface area contributed by atoms with Gasteiger partial charge in [0.1, 0.15) is 11.5 Å². The van der Waals surface area contributed by atoms with Crippen molar-refractivity contribution >= 4 is 17.6 Å². The van der Waals surface area contributed by atoms with Crippen molar-refractivity contribution in [1.82, 2.24) is 0 Å². The molecular weight excluding hydrogens is 358 g/mol. The Labute approximate surface area is 165 Å². The summed E-state index contributed by atoms with van der Waals surface area (Å²) in [5, 5.41) is 12.9. The smallest absolute Gasteiger partial charge is 0.337 e. The highest BCUT2D eigenvalue weighted by atomic mass is 16.5. The van der Waals surface area contributed by atoms with E-state index in [2.05, 4.69) is 5.32 Å². The lowest BCUT2D eigenvalue weighted by atomic mass is 9.86. The number of amides is 1. The second kappa shape index (κ2) is 8.33. The number of hydrogen-bond donors (Lipinski definition) is 2. The number of aromatic hydroxyl groups is 1. The Morgan fingerprint density at radius 3 is 2.32 bits per heavy atom. The maximum absolute atomic E-state index is 12.8. The molecule has 6 heteroatoms. The fraction of sp³-hybridized carbons (Fsp3) is 0.364. The molecule has 150 valence electrons. The van der Waals surface area contributed by atoms with Crippen LogP contribution >= 0.6 is 0 Å². The van der Waals surface area contributed by atoms with Crippen molar-refractivity contribution in [1.29, 1.82) is 0 Å². The third-order valence-electron chi connectivity index (χ3n) is 4.12. The van der Waals surface area contributed by atoms with E-state index in [1.165, 1.54) is 19.2 Å². The highest BCUT2D eigenvalue weighted by molar-refractivity contribution is 6.07. The Morgan fingerprint density at radius 2 is 1.75 bits per heavy atom. The largest absolute Gasteiger partial charge is 0.507 e. The van der Waals surface area contributed by atoms with Gasteiger partial charge in [0, 0.05) is 0 Å². The van der Waals surface area contributed by atoms with Crippen LogP contribution in [0.15, 0.2) is 36.4 Å².